The van der Waals surface area contributed by atoms with Crippen molar-refractivity contribution in [1.82, 2.24) is 0 Å². The first kappa shape index (κ1) is 12.1. The number of hydrogen-bond donors (Lipinski definition) is 1. The molecule has 15 heavy (non-hydrogen) atoms. The number of benzene rings is 1. The van der Waals surface area contributed by atoms with Crippen molar-refractivity contribution in [2.24, 2.45) is 5.73 Å². The van der Waals surface area contributed by atoms with Gasteiger partial charge in [-0.25, -0.2) is 0 Å². The Labute approximate surface area is 95.5 Å². The molecule has 1 unspecified atom stereocenters. The number of nitrogens with zero attached hydrogens (tertiary/aromatic N) is 1. The molecule has 1 atom stereocenters. The monoisotopic (exact) mass is 220 g/mol. The van der Waals surface area contributed by atoms with E-state index in [1.807, 2.05) is 36.9 Å². The Kier molecular flexibility index (Phi) is 5.23. The Morgan fingerprint density at radius 2 is 2.33 bits per heavy atom. The van der Waals surface area contributed by atoms with Gasteiger partial charge in [-0.3, -0.25) is 0 Å². The summed E-state index contributed by atoms with van der Waals surface area (Å²) in [4.78, 5) is 0. The van der Waals surface area contributed by atoms with Crippen molar-refractivity contribution in [3.63, 3.8) is 0 Å². The van der Waals surface area contributed by atoms with E-state index < -0.39 is 0 Å². The van der Waals surface area contributed by atoms with Gasteiger partial charge < -0.3 is 5.73 Å². The zero-order chi connectivity index (χ0) is 11.1. The summed E-state index contributed by atoms with van der Waals surface area (Å²) in [6, 6.07) is 10.2. The summed E-state index contributed by atoms with van der Waals surface area (Å²) in [7, 11) is 0. The SMILES string of the molecule is CC(N)CCSCc1cccc(C#N)c1. The van der Waals surface area contributed by atoms with Gasteiger partial charge in [0.15, 0.2) is 0 Å². The second-order valence-corrected chi connectivity index (χ2v) is 4.74. The number of thioether (sulfide) groups is 1. The van der Waals surface area contributed by atoms with Crippen LogP contribution >= 0.6 is 11.8 Å². The Morgan fingerprint density at radius 1 is 1.53 bits per heavy atom. The van der Waals surface area contributed by atoms with E-state index in [1.54, 1.807) is 0 Å². The average molecular weight is 220 g/mol. The number of nitriles is 1. The predicted octanol–water partition coefficient (Wildman–Crippen LogP) is 2.53. The average Bonchev–Trinajstić information content (AvgIpc) is 2.24. The molecular weight excluding hydrogens is 204 g/mol. The molecule has 1 rings (SSSR count). The molecular formula is C12H16N2S. The van der Waals surface area contributed by atoms with Gasteiger partial charge in [-0.15, -0.1) is 0 Å². The lowest BCUT2D eigenvalue weighted by atomic mass is 10.2. The first-order valence-corrected chi connectivity index (χ1v) is 6.20. The summed E-state index contributed by atoms with van der Waals surface area (Å²) in [6.07, 6.45) is 1.04. The smallest absolute Gasteiger partial charge is 0.0991 e. The molecule has 0 aliphatic carbocycles. The van der Waals surface area contributed by atoms with Crippen LogP contribution < -0.4 is 5.73 Å². The summed E-state index contributed by atoms with van der Waals surface area (Å²) < 4.78 is 0. The van der Waals surface area contributed by atoms with E-state index in [2.05, 4.69) is 12.1 Å². The van der Waals surface area contributed by atoms with Gasteiger partial charge in [-0.1, -0.05) is 12.1 Å². The third-order valence-electron chi connectivity index (χ3n) is 2.04. The number of rotatable bonds is 5. The van der Waals surface area contributed by atoms with E-state index in [9.17, 15) is 0 Å². The molecule has 0 saturated heterocycles. The van der Waals surface area contributed by atoms with Crippen LogP contribution in [-0.4, -0.2) is 11.8 Å². The minimum atomic E-state index is 0.281. The van der Waals surface area contributed by atoms with Crippen molar-refractivity contribution in [3.05, 3.63) is 35.4 Å². The molecule has 1 aromatic rings. The quantitative estimate of drug-likeness (QED) is 0.776. The zero-order valence-electron chi connectivity index (χ0n) is 8.94. The predicted molar refractivity (Wildman–Crippen MR) is 65.6 cm³/mol. The molecule has 0 heterocycles. The van der Waals surface area contributed by atoms with Crippen LogP contribution in [0.1, 0.15) is 24.5 Å². The maximum atomic E-state index is 8.73. The number of nitrogens with two attached hydrogens (primary N) is 1. The van der Waals surface area contributed by atoms with Crippen LogP contribution in [0.25, 0.3) is 0 Å². The molecule has 80 valence electrons. The maximum absolute atomic E-state index is 8.73. The third kappa shape index (κ3) is 4.87. The molecule has 0 saturated carbocycles. The van der Waals surface area contributed by atoms with Gasteiger partial charge >= 0.3 is 0 Å². The highest BCUT2D eigenvalue weighted by atomic mass is 32.2. The fourth-order valence-corrected chi connectivity index (χ4v) is 2.29. The molecule has 0 aromatic heterocycles. The molecule has 1 aromatic carbocycles. The molecule has 2 N–H and O–H groups in total. The van der Waals surface area contributed by atoms with E-state index in [1.165, 1.54) is 5.56 Å². The molecule has 0 spiro atoms. The van der Waals surface area contributed by atoms with Crippen LogP contribution in [0.5, 0.6) is 0 Å². The van der Waals surface area contributed by atoms with Crippen LogP contribution in [0.3, 0.4) is 0 Å². The van der Waals surface area contributed by atoms with Crippen LogP contribution in [0.15, 0.2) is 24.3 Å². The first-order valence-electron chi connectivity index (χ1n) is 5.04. The van der Waals surface area contributed by atoms with Crippen LogP contribution in [0, 0.1) is 11.3 Å². The van der Waals surface area contributed by atoms with Crippen molar-refractivity contribution in [2.75, 3.05) is 5.75 Å². The van der Waals surface area contributed by atoms with Gasteiger partial charge in [0, 0.05) is 11.8 Å². The molecule has 0 radical (unpaired) electrons. The highest BCUT2D eigenvalue weighted by Crippen LogP contribution is 2.14. The van der Waals surface area contributed by atoms with Gasteiger partial charge in [0.2, 0.25) is 0 Å². The van der Waals surface area contributed by atoms with Crippen molar-refractivity contribution in [1.29, 1.82) is 5.26 Å². The second kappa shape index (κ2) is 6.49. The van der Waals surface area contributed by atoms with Crippen molar-refractivity contribution in [2.45, 2.75) is 25.1 Å². The van der Waals surface area contributed by atoms with E-state index in [-0.39, 0.29) is 6.04 Å². The van der Waals surface area contributed by atoms with E-state index in [0.29, 0.717) is 0 Å². The molecule has 2 nitrogen and oxygen atoms in total. The number of hydrogen-bond acceptors (Lipinski definition) is 3. The lowest BCUT2D eigenvalue weighted by Crippen LogP contribution is -2.15. The standard InChI is InChI=1S/C12H16N2S/c1-10(14)5-6-15-9-12-4-2-3-11(7-12)8-13/h2-4,7,10H,5-6,9,14H2,1H3. The van der Waals surface area contributed by atoms with Gasteiger partial charge in [0.1, 0.15) is 0 Å². The Bertz CT molecular complexity index is 342. The Hall–Kier alpha value is -0.980. The van der Waals surface area contributed by atoms with Crippen molar-refractivity contribution >= 4 is 11.8 Å². The molecule has 0 fully saturated rings. The van der Waals surface area contributed by atoms with Gasteiger partial charge in [0.05, 0.1) is 11.6 Å². The largest absolute Gasteiger partial charge is 0.328 e. The summed E-state index contributed by atoms with van der Waals surface area (Å²) in [6.45, 7) is 2.02. The lowest BCUT2D eigenvalue weighted by Gasteiger charge is -2.04. The van der Waals surface area contributed by atoms with Crippen LogP contribution in [-0.2, 0) is 5.75 Å². The van der Waals surface area contributed by atoms with E-state index in [4.69, 9.17) is 11.0 Å². The second-order valence-electron chi connectivity index (χ2n) is 3.63. The third-order valence-corrected chi connectivity index (χ3v) is 3.10. The summed E-state index contributed by atoms with van der Waals surface area (Å²) >= 11 is 1.86. The van der Waals surface area contributed by atoms with Gasteiger partial charge in [-0.2, -0.15) is 17.0 Å². The van der Waals surface area contributed by atoms with Crippen LogP contribution in [0.4, 0.5) is 0 Å². The fraction of sp³-hybridized carbons (Fsp3) is 0.417. The summed E-state index contributed by atoms with van der Waals surface area (Å²) in [5, 5.41) is 8.73. The highest BCUT2D eigenvalue weighted by molar-refractivity contribution is 7.98. The van der Waals surface area contributed by atoms with Crippen LogP contribution in [0.2, 0.25) is 0 Å². The topological polar surface area (TPSA) is 49.8 Å². The Balaban J connectivity index is 2.35. The molecule has 0 aliphatic heterocycles. The van der Waals surface area contributed by atoms with E-state index in [0.717, 1.165) is 23.5 Å². The molecule has 0 amide bonds. The summed E-state index contributed by atoms with van der Waals surface area (Å²) in [5.74, 6) is 2.04. The lowest BCUT2D eigenvalue weighted by molar-refractivity contribution is 0.721. The van der Waals surface area contributed by atoms with Gasteiger partial charge in [0.25, 0.3) is 0 Å². The minimum Gasteiger partial charge on any atom is -0.328 e. The molecule has 0 aliphatic rings. The Morgan fingerprint density at radius 3 is 3.00 bits per heavy atom. The molecule has 0 bridgehead atoms. The van der Waals surface area contributed by atoms with Crippen molar-refractivity contribution in [3.8, 4) is 6.07 Å². The fourth-order valence-electron chi connectivity index (χ4n) is 1.19. The summed E-state index contributed by atoms with van der Waals surface area (Å²) in [5.41, 5.74) is 7.61. The zero-order valence-corrected chi connectivity index (χ0v) is 9.76. The first-order chi connectivity index (χ1) is 7.22. The maximum Gasteiger partial charge on any atom is 0.0991 e. The minimum absolute atomic E-state index is 0.281. The van der Waals surface area contributed by atoms with Gasteiger partial charge in [-0.05, 0) is 36.8 Å². The normalized spacial score (nSPS) is 12.1. The highest BCUT2D eigenvalue weighted by Gasteiger charge is 1.97. The van der Waals surface area contributed by atoms with Crippen molar-refractivity contribution < 1.29 is 0 Å². The van der Waals surface area contributed by atoms with E-state index >= 15 is 0 Å². The molecule has 3 heteroatoms.